The van der Waals surface area contributed by atoms with Crippen molar-refractivity contribution in [2.24, 2.45) is 5.92 Å². The molecule has 5 nitrogen and oxygen atoms in total. The molecule has 174 valence electrons. The lowest BCUT2D eigenvalue weighted by Gasteiger charge is -2.43. The Hall–Kier alpha value is -1.47. The standard InChI is InChI=1S/C26H33ClO5/c27-21-11-10-18(22-23(29)20(14-28)24(30)26(32)25(22)31)13-19(21)12-15-6-8-17(9-7-15)16-4-2-1-3-5-16/h6-11,13,16,20,22-26,28-32H,1-5,12,14H2/t20-,22+,23-,24+,25-,26-/m0/s1. The maximum Gasteiger partial charge on any atom is 0.107 e. The molecule has 4 rings (SSSR count). The molecule has 0 radical (unpaired) electrons. The Morgan fingerprint density at radius 1 is 0.750 bits per heavy atom. The van der Waals surface area contributed by atoms with E-state index >= 15 is 0 Å². The molecule has 0 aromatic heterocycles. The van der Waals surface area contributed by atoms with Gasteiger partial charge in [0.1, 0.15) is 6.10 Å². The van der Waals surface area contributed by atoms with Gasteiger partial charge < -0.3 is 25.5 Å². The lowest BCUT2D eigenvalue weighted by molar-refractivity contribution is -0.169. The highest BCUT2D eigenvalue weighted by molar-refractivity contribution is 6.31. The second-order valence-corrected chi connectivity index (χ2v) is 9.85. The van der Waals surface area contributed by atoms with E-state index in [1.165, 1.54) is 37.7 Å². The van der Waals surface area contributed by atoms with E-state index in [0.29, 0.717) is 22.9 Å². The van der Waals surface area contributed by atoms with Crippen LogP contribution in [0.25, 0.3) is 0 Å². The first kappa shape index (κ1) is 23.7. The van der Waals surface area contributed by atoms with Crippen molar-refractivity contribution in [2.45, 2.75) is 74.8 Å². The van der Waals surface area contributed by atoms with Gasteiger partial charge in [0.15, 0.2) is 0 Å². The molecule has 2 aliphatic rings. The summed E-state index contributed by atoms with van der Waals surface area (Å²) in [5.74, 6) is -1.12. The van der Waals surface area contributed by atoms with Gasteiger partial charge in [-0.25, -0.2) is 0 Å². The molecule has 0 heterocycles. The van der Waals surface area contributed by atoms with E-state index in [0.717, 1.165) is 11.1 Å². The number of hydrogen-bond donors (Lipinski definition) is 5. The number of aliphatic hydroxyl groups excluding tert-OH is 5. The summed E-state index contributed by atoms with van der Waals surface area (Å²) in [5, 5.41) is 51.8. The van der Waals surface area contributed by atoms with Crippen LogP contribution in [-0.4, -0.2) is 56.6 Å². The maximum atomic E-state index is 10.7. The van der Waals surface area contributed by atoms with Crippen LogP contribution in [0.4, 0.5) is 0 Å². The Bertz CT molecular complexity index is 896. The first-order valence-electron chi connectivity index (χ1n) is 11.6. The fourth-order valence-corrected chi connectivity index (χ4v) is 5.63. The minimum atomic E-state index is -1.45. The Labute approximate surface area is 194 Å². The van der Waals surface area contributed by atoms with Gasteiger partial charge in [0.25, 0.3) is 0 Å². The van der Waals surface area contributed by atoms with Gasteiger partial charge in [-0.1, -0.05) is 67.3 Å². The van der Waals surface area contributed by atoms with Crippen LogP contribution in [0.5, 0.6) is 0 Å². The number of rotatable bonds is 5. The van der Waals surface area contributed by atoms with E-state index in [1.54, 1.807) is 12.1 Å². The van der Waals surface area contributed by atoms with Crippen LogP contribution in [0.2, 0.25) is 5.02 Å². The Balaban J connectivity index is 1.55. The van der Waals surface area contributed by atoms with Gasteiger partial charge in [0.05, 0.1) is 24.9 Å². The summed E-state index contributed by atoms with van der Waals surface area (Å²) in [5.41, 5.74) is 3.99. The molecule has 5 N–H and O–H groups in total. The summed E-state index contributed by atoms with van der Waals surface area (Å²) in [6, 6.07) is 14.0. The van der Waals surface area contributed by atoms with Crippen LogP contribution < -0.4 is 0 Å². The molecule has 0 saturated heterocycles. The van der Waals surface area contributed by atoms with Crippen molar-refractivity contribution in [3.63, 3.8) is 0 Å². The number of aliphatic hydroxyl groups is 5. The summed E-state index contributed by atoms with van der Waals surface area (Å²) < 4.78 is 0. The van der Waals surface area contributed by atoms with Crippen LogP contribution in [-0.2, 0) is 6.42 Å². The van der Waals surface area contributed by atoms with Crippen molar-refractivity contribution in [3.05, 3.63) is 69.7 Å². The molecule has 2 aliphatic carbocycles. The third-order valence-corrected chi connectivity index (χ3v) is 7.80. The van der Waals surface area contributed by atoms with Crippen molar-refractivity contribution < 1.29 is 25.5 Å². The van der Waals surface area contributed by atoms with E-state index in [-0.39, 0.29) is 0 Å². The molecule has 2 aromatic carbocycles. The Morgan fingerprint density at radius 3 is 2.06 bits per heavy atom. The van der Waals surface area contributed by atoms with Crippen molar-refractivity contribution in [1.29, 1.82) is 0 Å². The lowest BCUT2D eigenvalue weighted by Crippen LogP contribution is -2.58. The second-order valence-electron chi connectivity index (χ2n) is 9.44. The molecule has 0 amide bonds. The van der Waals surface area contributed by atoms with Crippen molar-refractivity contribution >= 4 is 11.6 Å². The third-order valence-electron chi connectivity index (χ3n) is 7.43. The highest BCUT2D eigenvalue weighted by Crippen LogP contribution is 2.39. The molecule has 0 spiro atoms. The van der Waals surface area contributed by atoms with Gasteiger partial charge in [-0.3, -0.25) is 0 Å². The van der Waals surface area contributed by atoms with E-state index in [4.69, 9.17) is 11.6 Å². The molecule has 0 unspecified atom stereocenters. The summed E-state index contributed by atoms with van der Waals surface area (Å²) in [7, 11) is 0. The fourth-order valence-electron chi connectivity index (χ4n) is 5.45. The van der Waals surface area contributed by atoms with E-state index < -0.39 is 42.9 Å². The van der Waals surface area contributed by atoms with Gasteiger partial charge in [0.2, 0.25) is 0 Å². The van der Waals surface area contributed by atoms with Gasteiger partial charge in [-0.05, 0) is 53.5 Å². The first-order chi connectivity index (χ1) is 15.4. The molecule has 0 aliphatic heterocycles. The maximum absolute atomic E-state index is 10.7. The third kappa shape index (κ3) is 4.74. The van der Waals surface area contributed by atoms with Gasteiger partial charge >= 0.3 is 0 Å². The second kappa shape index (κ2) is 10.2. The molecule has 6 atom stereocenters. The SMILES string of the molecule is OC[C@@H]1[C@@H](O)[C@H](O)[C@@H](O)[C@H](c2ccc(Cl)c(Cc3ccc(C4CCCCC4)cc3)c2)[C@H]1O. The van der Waals surface area contributed by atoms with Gasteiger partial charge in [0, 0.05) is 16.9 Å². The molecular formula is C26H33ClO5. The average molecular weight is 461 g/mol. The highest BCUT2D eigenvalue weighted by Gasteiger charge is 2.49. The fraction of sp³-hybridized carbons (Fsp3) is 0.538. The number of benzene rings is 2. The normalized spacial score (nSPS) is 31.6. The van der Waals surface area contributed by atoms with Crippen LogP contribution in [0, 0.1) is 5.92 Å². The Kier molecular flexibility index (Phi) is 7.55. The molecule has 32 heavy (non-hydrogen) atoms. The predicted octanol–water partition coefficient (Wildman–Crippen LogP) is 3.13. The molecule has 6 heteroatoms. The summed E-state index contributed by atoms with van der Waals surface area (Å²) in [6.07, 6.45) is 1.66. The molecule has 2 saturated carbocycles. The minimum Gasteiger partial charge on any atom is -0.396 e. The van der Waals surface area contributed by atoms with Crippen molar-refractivity contribution in [2.75, 3.05) is 6.61 Å². The molecular weight excluding hydrogens is 428 g/mol. The van der Waals surface area contributed by atoms with Crippen LogP contribution in [0.3, 0.4) is 0 Å². The highest BCUT2D eigenvalue weighted by atomic mass is 35.5. The largest absolute Gasteiger partial charge is 0.396 e. The minimum absolute atomic E-state index is 0.490. The zero-order valence-corrected chi connectivity index (χ0v) is 18.9. The van der Waals surface area contributed by atoms with E-state index in [9.17, 15) is 25.5 Å². The average Bonchev–Trinajstić information content (AvgIpc) is 2.81. The summed E-state index contributed by atoms with van der Waals surface area (Å²) in [6.45, 7) is -0.490. The number of hydrogen-bond acceptors (Lipinski definition) is 5. The van der Waals surface area contributed by atoms with Crippen LogP contribution in [0.15, 0.2) is 42.5 Å². The Morgan fingerprint density at radius 2 is 1.41 bits per heavy atom. The smallest absolute Gasteiger partial charge is 0.107 e. The predicted molar refractivity (Wildman–Crippen MR) is 124 cm³/mol. The first-order valence-corrected chi connectivity index (χ1v) is 12.0. The van der Waals surface area contributed by atoms with Crippen molar-refractivity contribution in [3.8, 4) is 0 Å². The quantitative estimate of drug-likeness (QED) is 0.472. The molecule has 2 fully saturated rings. The number of halogens is 1. The van der Waals surface area contributed by atoms with Crippen LogP contribution in [0.1, 0.15) is 66.2 Å². The zero-order chi connectivity index (χ0) is 22.8. The zero-order valence-electron chi connectivity index (χ0n) is 18.1. The monoisotopic (exact) mass is 460 g/mol. The topological polar surface area (TPSA) is 101 Å². The summed E-state index contributed by atoms with van der Waals surface area (Å²) in [4.78, 5) is 0. The van der Waals surface area contributed by atoms with Crippen LogP contribution >= 0.6 is 11.6 Å². The lowest BCUT2D eigenvalue weighted by atomic mass is 9.70. The van der Waals surface area contributed by atoms with E-state index in [1.807, 2.05) is 6.07 Å². The molecule has 0 bridgehead atoms. The van der Waals surface area contributed by atoms with Gasteiger partial charge in [-0.2, -0.15) is 0 Å². The van der Waals surface area contributed by atoms with E-state index in [2.05, 4.69) is 24.3 Å². The van der Waals surface area contributed by atoms with Gasteiger partial charge in [-0.15, -0.1) is 0 Å². The summed E-state index contributed by atoms with van der Waals surface area (Å²) >= 11 is 6.46. The van der Waals surface area contributed by atoms with Crippen molar-refractivity contribution in [1.82, 2.24) is 0 Å². The molecule has 2 aromatic rings.